The number of hydrogen-bond acceptors (Lipinski definition) is 8. The van der Waals surface area contributed by atoms with E-state index in [2.05, 4.69) is 530 Å². The van der Waals surface area contributed by atoms with Crippen LogP contribution in [0.3, 0.4) is 0 Å². The zero-order valence-electron chi connectivity index (χ0n) is 79.3. The van der Waals surface area contributed by atoms with Crippen molar-refractivity contribution in [3.05, 3.63) is 540 Å². The normalized spacial score (nSPS) is 11.6. The van der Waals surface area contributed by atoms with Crippen molar-refractivity contribution in [1.29, 1.82) is 0 Å². The second kappa shape index (κ2) is 37.3. The third-order valence-corrected chi connectivity index (χ3v) is 32.2. The number of para-hydroxylation sites is 4. The molecule has 8 heteroatoms. The quantitative estimate of drug-likeness (QED) is 0.0963. The van der Waals surface area contributed by atoms with Crippen LogP contribution in [0.25, 0.3) is 215 Å². The summed E-state index contributed by atoms with van der Waals surface area (Å²) < 4.78 is 21.0. The molecule has 0 aliphatic heterocycles. The Labute approximate surface area is 856 Å². The third-order valence-electron chi connectivity index (χ3n) is 28.6. The average molecular weight is 1920 g/mol. The molecule has 0 amide bonds. The number of furan rings is 2. The first-order chi connectivity index (χ1) is 72.4. The van der Waals surface area contributed by atoms with Gasteiger partial charge in [0.25, 0.3) is 0 Å². The summed E-state index contributed by atoms with van der Waals surface area (Å²) in [5.74, 6) is 0. The lowest BCUT2D eigenvalue weighted by atomic mass is 9.91. The highest BCUT2D eigenvalue weighted by atomic mass is 32.1. The minimum absolute atomic E-state index is 0.835. The molecule has 0 fully saturated rings. The van der Waals surface area contributed by atoms with Gasteiger partial charge >= 0.3 is 0 Å². The van der Waals surface area contributed by atoms with E-state index in [1.54, 1.807) is 0 Å². The molecule has 0 N–H and O–H groups in total. The maximum absolute atomic E-state index is 6.60. The largest absolute Gasteiger partial charge is 0.454 e. The Morgan fingerprint density at radius 1 is 0.144 bits per heavy atom. The molecule has 0 spiro atoms. The molecule has 24 aromatic carbocycles. The van der Waals surface area contributed by atoms with Gasteiger partial charge in [0.2, 0.25) is 0 Å². The van der Waals surface area contributed by atoms with Gasteiger partial charge in [-0.05, 0) is 256 Å². The summed E-state index contributed by atoms with van der Waals surface area (Å²) in [4.78, 5) is 7.17. The van der Waals surface area contributed by atoms with Gasteiger partial charge in [-0.25, -0.2) is 0 Å². The van der Waals surface area contributed by atoms with E-state index in [0.717, 1.165) is 83.6 Å². The second-order valence-corrected chi connectivity index (χ2v) is 40.3. The van der Waals surface area contributed by atoms with E-state index in [4.69, 9.17) is 8.83 Å². The maximum Gasteiger partial charge on any atom is 0.159 e. The van der Waals surface area contributed by atoms with Crippen LogP contribution in [0.1, 0.15) is 0 Å². The molecule has 146 heavy (non-hydrogen) atoms. The van der Waals surface area contributed by atoms with Gasteiger partial charge < -0.3 is 23.5 Å². The first-order valence-electron chi connectivity index (χ1n) is 49.5. The van der Waals surface area contributed by atoms with Crippen LogP contribution in [0.4, 0.5) is 51.2 Å². The zero-order chi connectivity index (χ0) is 96.5. The number of fused-ring (bicyclic) bond motifs is 18. The molecule has 0 bridgehead atoms. The van der Waals surface area contributed by atoms with Crippen LogP contribution in [0.2, 0.25) is 0 Å². The molecule has 5 heterocycles. The summed E-state index contributed by atoms with van der Waals surface area (Å²) in [5, 5.41) is 19.6. The summed E-state index contributed by atoms with van der Waals surface area (Å²) in [6.45, 7) is 0. The molecule has 0 atom stereocenters. The molecule has 0 aliphatic carbocycles. The van der Waals surface area contributed by atoms with Crippen molar-refractivity contribution in [2.45, 2.75) is 0 Å². The van der Waals surface area contributed by atoms with Crippen molar-refractivity contribution >= 4 is 222 Å². The maximum atomic E-state index is 6.60. The third kappa shape index (κ3) is 15.8. The molecular weight excluding hydrogens is 1830 g/mol. The molecule has 0 aliphatic rings. The van der Waals surface area contributed by atoms with Gasteiger partial charge in [-0.1, -0.05) is 394 Å². The van der Waals surface area contributed by atoms with Crippen molar-refractivity contribution in [2.75, 3.05) is 14.7 Å². The monoisotopic (exact) mass is 1920 g/mol. The van der Waals surface area contributed by atoms with E-state index < -0.39 is 0 Å². The minimum atomic E-state index is 0.835. The average Bonchev–Trinajstić information content (AvgIpc) is 1.59. The summed E-state index contributed by atoms with van der Waals surface area (Å²) in [7, 11) is 0. The fraction of sp³-hybridized carbons (Fsp3) is 0. The fourth-order valence-corrected chi connectivity index (χ4v) is 25.2. The second-order valence-electron chi connectivity index (χ2n) is 37.2. The van der Waals surface area contributed by atoms with Crippen LogP contribution in [-0.2, 0) is 0 Å². The molecule has 686 valence electrons. The van der Waals surface area contributed by atoms with Gasteiger partial charge in [0.1, 0.15) is 11.2 Å². The number of anilines is 9. The highest BCUT2D eigenvalue weighted by Crippen LogP contribution is 2.54. The molecule has 5 nitrogen and oxygen atoms in total. The van der Waals surface area contributed by atoms with Crippen molar-refractivity contribution in [3.63, 3.8) is 0 Å². The first-order valence-corrected chi connectivity index (χ1v) is 52.0. The van der Waals surface area contributed by atoms with Crippen LogP contribution in [0, 0.1) is 0 Å². The standard InChI is InChI=1S/C46H29NO2.C46H29NS2.C46H31NS/c2*1-2-12-30(13-3-1)39-28-32-14-4-5-15-33(32)29-40(39)31-24-26-34(27-25-31)47(41-20-10-18-37-35-16-6-8-22-43(35)48-45(37)41)42-21-11-19-38-36-17-7-9-23-44(36)49-46(38)42;1-3-12-32(13-4-1)33-22-26-38(27-23-33)47(44-20-11-19-41-40-18-9-10-21-45(40)48-46(41)44)39-28-24-35(25-29-39)43-31-37-17-8-7-16-36(37)30-42(43)34-14-5-2-6-15-34/h2*1-29H;1-31H. The van der Waals surface area contributed by atoms with E-state index in [-0.39, 0.29) is 0 Å². The van der Waals surface area contributed by atoms with Crippen LogP contribution in [-0.4, -0.2) is 0 Å². The Kier molecular flexibility index (Phi) is 22.2. The Morgan fingerprint density at radius 3 is 0.671 bits per heavy atom. The smallest absolute Gasteiger partial charge is 0.159 e. The van der Waals surface area contributed by atoms with Crippen molar-refractivity contribution in [1.82, 2.24) is 0 Å². The molecule has 29 aromatic rings. The molecule has 0 saturated heterocycles. The number of benzene rings is 24. The lowest BCUT2D eigenvalue weighted by Crippen LogP contribution is -2.10. The van der Waals surface area contributed by atoms with E-state index in [0.29, 0.717) is 0 Å². The van der Waals surface area contributed by atoms with Crippen molar-refractivity contribution in [3.8, 4) is 77.9 Å². The number of rotatable bonds is 16. The Balaban J connectivity index is 0.000000109. The van der Waals surface area contributed by atoms with Crippen LogP contribution >= 0.6 is 34.0 Å². The lowest BCUT2D eigenvalue weighted by molar-refractivity contribution is 0.666. The lowest BCUT2D eigenvalue weighted by Gasteiger charge is -2.27. The summed E-state index contributed by atoms with van der Waals surface area (Å²) >= 11 is 5.62. The van der Waals surface area contributed by atoms with Crippen LogP contribution in [0.15, 0.2) is 549 Å². The van der Waals surface area contributed by atoms with Crippen molar-refractivity contribution in [2.24, 2.45) is 0 Å². The predicted molar refractivity (Wildman–Crippen MR) is 627 cm³/mol. The molecule has 0 unspecified atom stereocenters. The van der Waals surface area contributed by atoms with Gasteiger partial charge in [-0.15, -0.1) is 34.0 Å². The Hall–Kier alpha value is -18.3. The summed E-state index contributed by atoms with van der Waals surface area (Å²) in [6, 6.07) is 194. The molecule has 5 aromatic heterocycles. The molecule has 0 saturated carbocycles. The Morgan fingerprint density at radius 2 is 0.356 bits per heavy atom. The fourth-order valence-electron chi connectivity index (χ4n) is 21.6. The van der Waals surface area contributed by atoms with E-state index in [9.17, 15) is 0 Å². The Bertz CT molecular complexity index is 9390. The highest BCUT2D eigenvalue weighted by molar-refractivity contribution is 7.27. The number of nitrogens with zero attached hydrogens (tertiary/aromatic N) is 3. The van der Waals surface area contributed by atoms with Gasteiger partial charge in [-0.3, -0.25) is 0 Å². The van der Waals surface area contributed by atoms with E-state index in [1.165, 1.54) is 182 Å². The van der Waals surface area contributed by atoms with E-state index >= 15 is 0 Å². The zero-order valence-corrected chi connectivity index (χ0v) is 81.7. The molecule has 29 rings (SSSR count). The predicted octanol–water partition coefficient (Wildman–Crippen LogP) is 41.5. The minimum Gasteiger partial charge on any atom is -0.454 e. The topological polar surface area (TPSA) is 36.0 Å². The summed E-state index contributed by atoms with van der Waals surface area (Å²) in [6.07, 6.45) is 0. The van der Waals surface area contributed by atoms with Crippen LogP contribution in [0.5, 0.6) is 0 Å². The van der Waals surface area contributed by atoms with Gasteiger partial charge in [0, 0.05) is 90.7 Å². The van der Waals surface area contributed by atoms with Gasteiger partial charge in [0.15, 0.2) is 11.2 Å². The molecular formula is C138H89N3O2S3. The highest BCUT2D eigenvalue weighted by Gasteiger charge is 2.28. The van der Waals surface area contributed by atoms with E-state index in [1.807, 2.05) is 58.3 Å². The van der Waals surface area contributed by atoms with Gasteiger partial charge in [-0.2, -0.15) is 0 Å². The number of thiophene rings is 3. The summed E-state index contributed by atoms with van der Waals surface area (Å²) in [5.41, 5.74) is 30.3. The first kappa shape index (κ1) is 86.8. The molecule has 0 radical (unpaired) electrons. The van der Waals surface area contributed by atoms with Gasteiger partial charge in [0.05, 0.1) is 42.5 Å². The van der Waals surface area contributed by atoms with Crippen LogP contribution < -0.4 is 14.7 Å². The number of hydrogen-bond donors (Lipinski definition) is 0. The SMILES string of the molecule is c1ccc(-c2cc3ccccc3cc2-c2ccc(N(c3cccc4c3oc3ccccc34)c3cccc4c3oc3ccccc34)cc2)cc1.c1ccc(-c2cc3ccccc3cc2-c2ccc(N(c3cccc4c3sc3ccccc34)c3cccc4c3sc3ccccc34)cc2)cc1.c1ccc(-c2ccc(N(c3ccc(-c4cc5ccccc5cc4-c4ccccc4)cc3)c3cccc4c3sc3ccccc34)cc2)cc1. The van der Waals surface area contributed by atoms with Crippen molar-refractivity contribution < 1.29 is 8.83 Å².